The number of carbonyl (C=O) groups is 4. The fourth-order valence-electron chi connectivity index (χ4n) is 5.30. The normalized spacial score (nSPS) is 11.6. The first kappa shape index (κ1) is 35.1. The lowest BCUT2D eigenvalue weighted by atomic mass is 10.0. The Morgan fingerprint density at radius 2 is 1.17 bits per heavy atom. The first-order valence-corrected chi connectivity index (χ1v) is 17.2. The molecule has 0 spiro atoms. The number of anilines is 2. The predicted octanol–water partition coefficient (Wildman–Crippen LogP) is 8.93. The van der Waals surface area contributed by atoms with Crippen molar-refractivity contribution in [2.75, 3.05) is 10.6 Å². The molecule has 0 radical (unpaired) electrons. The van der Waals surface area contributed by atoms with Gasteiger partial charge in [0, 0.05) is 21.8 Å². The number of carboxylic acid groups (broad SMARTS) is 1. The molecule has 0 aliphatic carbocycles. The molecule has 0 saturated carbocycles. The topological polar surface area (TPSA) is 125 Å². The Kier molecular flexibility index (Phi) is 11.3. The minimum atomic E-state index is -1.09. The van der Waals surface area contributed by atoms with Crippen LogP contribution in [0.15, 0.2) is 174 Å². The van der Waals surface area contributed by atoms with Crippen molar-refractivity contribution < 1.29 is 24.3 Å². The second kappa shape index (κ2) is 16.8. The highest BCUT2D eigenvalue weighted by atomic mass is 32.2. The molecule has 0 aliphatic rings. The number of amides is 3. The molecule has 1 unspecified atom stereocenters. The highest BCUT2D eigenvalue weighted by Gasteiger charge is 2.23. The molecule has 9 heteroatoms. The van der Waals surface area contributed by atoms with Gasteiger partial charge in [-0.25, -0.2) is 4.79 Å². The van der Waals surface area contributed by atoms with Gasteiger partial charge < -0.3 is 21.1 Å². The van der Waals surface area contributed by atoms with Crippen LogP contribution in [0.4, 0.5) is 11.4 Å². The van der Waals surface area contributed by atoms with E-state index in [0.717, 1.165) is 27.1 Å². The van der Waals surface area contributed by atoms with Gasteiger partial charge in [0.1, 0.15) is 10.9 Å². The van der Waals surface area contributed by atoms with Gasteiger partial charge in [-0.3, -0.25) is 14.4 Å². The standard InChI is InChI=1S/C43H33N3O5S/c47-40(33-15-8-3-9-16-33)46-38(27-29-19-21-31(22-20-29)30-11-4-1-5-12-30)41(48)44-35-23-25-37(26-24-35)52-39(32-13-6-2-7-14-32)42(49)45-36-18-10-17-34(28-36)43(50)51/h1-28,39H,(H,44,48)(H,45,49)(H,46,47)(H,50,51)/b38-27-. The molecular formula is C43H33N3O5S. The van der Waals surface area contributed by atoms with E-state index in [1.165, 1.54) is 23.9 Å². The van der Waals surface area contributed by atoms with E-state index in [9.17, 15) is 24.3 Å². The zero-order valence-electron chi connectivity index (χ0n) is 27.7. The van der Waals surface area contributed by atoms with E-state index >= 15 is 0 Å². The number of thioether (sulfide) groups is 1. The van der Waals surface area contributed by atoms with Gasteiger partial charge in [0.05, 0.1) is 5.56 Å². The summed E-state index contributed by atoms with van der Waals surface area (Å²) < 4.78 is 0. The molecule has 6 aromatic carbocycles. The Labute approximate surface area is 305 Å². The van der Waals surface area contributed by atoms with E-state index in [-0.39, 0.29) is 17.2 Å². The Bertz CT molecular complexity index is 2210. The minimum Gasteiger partial charge on any atom is -0.478 e. The lowest BCUT2D eigenvalue weighted by Gasteiger charge is -2.18. The van der Waals surface area contributed by atoms with Crippen molar-refractivity contribution in [3.05, 3.63) is 192 Å². The number of benzene rings is 6. The zero-order valence-corrected chi connectivity index (χ0v) is 28.5. The fourth-order valence-corrected chi connectivity index (χ4v) is 6.33. The number of carbonyl (C=O) groups excluding carboxylic acids is 3. The Hall–Kier alpha value is -6.71. The molecule has 6 aromatic rings. The number of rotatable bonds is 12. The van der Waals surface area contributed by atoms with Crippen molar-refractivity contribution in [1.82, 2.24) is 5.32 Å². The quantitative estimate of drug-likeness (QED) is 0.0746. The minimum absolute atomic E-state index is 0.0625. The first-order chi connectivity index (χ1) is 25.3. The van der Waals surface area contributed by atoms with Crippen LogP contribution in [-0.2, 0) is 9.59 Å². The van der Waals surface area contributed by atoms with E-state index in [0.29, 0.717) is 16.9 Å². The van der Waals surface area contributed by atoms with E-state index in [1.54, 1.807) is 66.7 Å². The molecule has 52 heavy (non-hydrogen) atoms. The lowest BCUT2D eigenvalue weighted by Crippen LogP contribution is -2.30. The van der Waals surface area contributed by atoms with Gasteiger partial charge in [0.15, 0.2) is 0 Å². The molecule has 4 N–H and O–H groups in total. The molecule has 0 aromatic heterocycles. The SMILES string of the molecule is O=C(Nc1ccc(SC(C(=O)Nc2cccc(C(=O)O)c2)c2ccccc2)cc1)/C(=C/c1ccc(-c2ccccc2)cc1)NC(=O)c1ccccc1. The molecule has 0 bridgehead atoms. The highest BCUT2D eigenvalue weighted by molar-refractivity contribution is 8.00. The highest BCUT2D eigenvalue weighted by Crippen LogP contribution is 2.37. The molecule has 3 amide bonds. The van der Waals surface area contributed by atoms with Gasteiger partial charge in [-0.2, -0.15) is 0 Å². The van der Waals surface area contributed by atoms with Crippen LogP contribution in [0.2, 0.25) is 0 Å². The Balaban J connectivity index is 1.19. The predicted molar refractivity (Wildman–Crippen MR) is 206 cm³/mol. The maximum atomic E-state index is 13.7. The number of carboxylic acids is 1. The summed E-state index contributed by atoms with van der Waals surface area (Å²) in [5.74, 6) is -2.34. The third-order valence-electron chi connectivity index (χ3n) is 7.94. The smallest absolute Gasteiger partial charge is 0.335 e. The molecule has 0 heterocycles. The monoisotopic (exact) mass is 703 g/mol. The maximum Gasteiger partial charge on any atom is 0.335 e. The van der Waals surface area contributed by atoms with Gasteiger partial charge >= 0.3 is 5.97 Å². The molecule has 6 rings (SSSR count). The number of hydrogen-bond donors (Lipinski definition) is 4. The maximum absolute atomic E-state index is 13.7. The van der Waals surface area contributed by atoms with Gasteiger partial charge in [-0.15, -0.1) is 11.8 Å². The summed E-state index contributed by atoms with van der Waals surface area (Å²) in [6.45, 7) is 0. The van der Waals surface area contributed by atoms with E-state index in [4.69, 9.17) is 0 Å². The summed E-state index contributed by atoms with van der Waals surface area (Å²) in [6, 6.07) is 48.7. The molecule has 0 saturated heterocycles. The number of nitrogens with one attached hydrogen (secondary N) is 3. The average molecular weight is 704 g/mol. The largest absolute Gasteiger partial charge is 0.478 e. The van der Waals surface area contributed by atoms with Crippen LogP contribution in [0.1, 0.15) is 37.1 Å². The zero-order chi connectivity index (χ0) is 36.3. The van der Waals surface area contributed by atoms with Crippen molar-refractivity contribution >= 4 is 52.9 Å². The molecule has 8 nitrogen and oxygen atoms in total. The average Bonchev–Trinajstić information content (AvgIpc) is 3.18. The summed E-state index contributed by atoms with van der Waals surface area (Å²) in [7, 11) is 0. The summed E-state index contributed by atoms with van der Waals surface area (Å²) in [5.41, 5.74) is 4.98. The summed E-state index contributed by atoms with van der Waals surface area (Å²) in [5, 5.41) is 17.2. The molecule has 1 atom stereocenters. The summed E-state index contributed by atoms with van der Waals surface area (Å²) in [4.78, 5) is 52.5. The number of aromatic carboxylic acids is 1. The third kappa shape index (κ3) is 9.29. The van der Waals surface area contributed by atoms with Crippen molar-refractivity contribution in [2.45, 2.75) is 10.1 Å². The molecular weight excluding hydrogens is 671 g/mol. The first-order valence-electron chi connectivity index (χ1n) is 16.3. The van der Waals surface area contributed by atoms with Crippen molar-refractivity contribution in [3.8, 4) is 11.1 Å². The van der Waals surface area contributed by atoms with Crippen LogP contribution in [-0.4, -0.2) is 28.8 Å². The third-order valence-corrected chi connectivity index (χ3v) is 9.21. The van der Waals surface area contributed by atoms with Crippen molar-refractivity contribution in [1.29, 1.82) is 0 Å². The van der Waals surface area contributed by atoms with E-state index in [2.05, 4.69) is 16.0 Å². The van der Waals surface area contributed by atoms with Gasteiger partial charge in [0.2, 0.25) is 5.91 Å². The van der Waals surface area contributed by atoms with Crippen LogP contribution in [0.5, 0.6) is 0 Å². The van der Waals surface area contributed by atoms with Crippen LogP contribution in [0.3, 0.4) is 0 Å². The van der Waals surface area contributed by atoms with Crippen molar-refractivity contribution in [3.63, 3.8) is 0 Å². The Morgan fingerprint density at radius 3 is 1.83 bits per heavy atom. The van der Waals surface area contributed by atoms with Crippen LogP contribution in [0.25, 0.3) is 17.2 Å². The molecule has 0 aliphatic heterocycles. The molecule has 256 valence electrons. The Morgan fingerprint density at radius 1 is 0.577 bits per heavy atom. The number of hydrogen-bond acceptors (Lipinski definition) is 5. The van der Waals surface area contributed by atoms with Gasteiger partial charge in [-0.05, 0) is 82.9 Å². The fraction of sp³-hybridized carbons (Fsp3) is 0.0233. The van der Waals surface area contributed by atoms with Crippen LogP contribution >= 0.6 is 11.8 Å². The van der Waals surface area contributed by atoms with E-state index < -0.39 is 23.0 Å². The van der Waals surface area contributed by atoms with Gasteiger partial charge in [0.25, 0.3) is 11.8 Å². The summed E-state index contributed by atoms with van der Waals surface area (Å²) in [6.07, 6.45) is 1.63. The summed E-state index contributed by atoms with van der Waals surface area (Å²) >= 11 is 1.31. The van der Waals surface area contributed by atoms with Crippen molar-refractivity contribution in [2.24, 2.45) is 0 Å². The molecule has 0 fully saturated rings. The second-order valence-electron chi connectivity index (χ2n) is 11.6. The van der Waals surface area contributed by atoms with Gasteiger partial charge in [-0.1, -0.05) is 109 Å². The van der Waals surface area contributed by atoms with Crippen LogP contribution in [0, 0.1) is 0 Å². The van der Waals surface area contributed by atoms with Crippen LogP contribution < -0.4 is 16.0 Å². The lowest BCUT2D eigenvalue weighted by molar-refractivity contribution is -0.116. The van der Waals surface area contributed by atoms with E-state index in [1.807, 2.05) is 91.0 Å². The second-order valence-corrected chi connectivity index (χ2v) is 12.8.